The largest absolute Gasteiger partial charge is 0.365 e. The summed E-state index contributed by atoms with van der Waals surface area (Å²) in [7, 11) is 0. The topological polar surface area (TPSA) is 53.6 Å². The highest BCUT2D eigenvalue weighted by Crippen LogP contribution is 2.23. The highest BCUT2D eigenvalue weighted by molar-refractivity contribution is 6.30. The number of hydrogen-bond acceptors (Lipinski definition) is 3. The maximum atomic E-state index is 5.97. The summed E-state index contributed by atoms with van der Waals surface area (Å²) in [6.07, 6.45) is 3.49. The number of halogens is 1. The van der Waals surface area contributed by atoms with Gasteiger partial charge < -0.3 is 10.3 Å². The lowest BCUT2D eigenvalue weighted by Crippen LogP contribution is -2.02. The van der Waals surface area contributed by atoms with E-state index in [1.807, 2.05) is 37.4 Å². The van der Waals surface area contributed by atoms with Crippen molar-refractivity contribution in [3.63, 3.8) is 0 Å². The summed E-state index contributed by atoms with van der Waals surface area (Å²) in [4.78, 5) is 11.6. The van der Waals surface area contributed by atoms with Crippen LogP contribution in [0.25, 0.3) is 11.0 Å². The van der Waals surface area contributed by atoms with Gasteiger partial charge in [-0.05, 0) is 30.2 Å². The molecule has 3 rings (SSSR count). The Morgan fingerprint density at radius 2 is 2.21 bits per heavy atom. The molecule has 96 valence electrons. The lowest BCUT2D eigenvalue weighted by molar-refractivity contribution is 1.10. The van der Waals surface area contributed by atoms with Crippen LogP contribution in [-0.2, 0) is 6.54 Å². The number of fused-ring (bicyclic) bond motifs is 1. The van der Waals surface area contributed by atoms with E-state index >= 15 is 0 Å². The van der Waals surface area contributed by atoms with Gasteiger partial charge in [0.15, 0.2) is 0 Å². The van der Waals surface area contributed by atoms with Gasteiger partial charge in [0.25, 0.3) is 0 Å². The Balaban J connectivity index is 1.88. The molecule has 19 heavy (non-hydrogen) atoms. The Hall–Kier alpha value is -2.07. The van der Waals surface area contributed by atoms with Crippen LogP contribution in [-0.4, -0.2) is 15.0 Å². The van der Waals surface area contributed by atoms with Crippen LogP contribution >= 0.6 is 11.6 Å². The maximum absolute atomic E-state index is 5.97. The molecule has 0 unspecified atom stereocenters. The molecule has 0 spiro atoms. The second-order valence-corrected chi connectivity index (χ2v) is 4.84. The van der Waals surface area contributed by atoms with Gasteiger partial charge in [-0.1, -0.05) is 23.7 Å². The number of aryl methyl sites for hydroxylation is 1. The van der Waals surface area contributed by atoms with Crippen LogP contribution in [0.2, 0.25) is 5.02 Å². The average molecular weight is 273 g/mol. The van der Waals surface area contributed by atoms with E-state index in [1.165, 1.54) is 0 Å². The number of hydrogen-bond donors (Lipinski definition) is 2. The van der Waals surface area contributed by atoms with Gasteiger partial charge in [-0.3, -0.25) is 0 Å². The first kappa shape index (κ1) is 12.0. The molecule has 2 heterocycles. The molecule has 0 aliphatic rings. The SMILES string of the molecule is Cc1c[nH]c2ncnc(NCc3cccc(Cl)c3)c12. The molecule has 1 aromatic carbocycles. The molecule has 4 nitrogen and oxygen atoms in total. The summed E-state index contributed by atoms with van der Waals surface area (Å²) in [6, 6.07) is 7.78. The minimum Gasteiger partial charge on any atom is -0.365 e. The van der Waals surface area contributed by atoms with E-state index in [-0.39, 0.29) is 0 Å². The second kappa shape index (κ2) is 4.90. The fourth-order valence-corrected chi connectivity index (χ4v) is 2.30. The lowest BCUT2D eigenvalue weighted by atomic mass is 10.2. The normalized spacial score (nSPS) is 10.8. The van der Waals surface area contributed by atoms with Crippen LogP contribution in [0.5, 0.6) is 0 Å². The van der Waals surface area contributed by atoms with Crippen molar-refractivity contribution in [1.29, 1.82) is 0 Å². The molecule has 2 aromatic heterocycles. The zero-order valence-corrected chi connectivity index (χ0v) is 11.2. The van der Waals surface area contributed by atoms with Crippen molar-refractivity contribution in [1.82, 2.24) is 15.0 Å². The first-order valence-electron chi connectivity index (χ1n) is 6.01. The monoisotopic (exact) mass is 272 g/mol. The summed E-state index contributed by atoms with van der Waals surface area (Å²) in [5, 5.41) is 5.10. The molecular weight excluding hydrogens is 260 g/mol. The molecule has 2 N–H and O–H groups in total. The minimum absolute atomic E-state index is 0.678. The number of benzene rings is 1. The summed E-state index contributed by atoms with van der Waals surface area (Å²) in [5.41, 5.74) is 3.10. The van der Waals surface area contributed by atoms with Crippen molar-refractivity contribution < 1.29 is 0 Å². The highest BCUT2D eigenvalue weighted by Gasteiger charge is 2.07. The number of nitrogens with zero attached hydrogens (tertiary/aromatic N) is 2. The van der Waals surface area contributed by atoms with E-state index in [9.17, 15) is 0 Å². The van der Waals surface area contributed by atoms with Crippen LogP contribution in [0.3, 0.4) is 0 Å². The molecular formula is C14H13ClN4. The number of nitrogens with one attached hydrogen (secondary N) is 2. The zero-order valence-electron chi connectivity index (χ0n) is 10.4. The Bertz CT molecular complexity index is 720. The Morgan fingerprint density at radius 1 is 1.32 bits per heavy atom. The van der Waals surface area contributed by atoms with E-state index in [1.54, 1.807) is 6.33 Å². The second-order valence-electron chi connectivity index (χ2n) is 4.40. The lowest BCUT2D eigenvalue weighted by Gasteiger charge is -2.07. The molecule has 3 aromatic rings. The predicted octanol–water partition coefficient (Wildman–Crippen LogP) is 3.53. The van der Waals surface area contributed by atoms with Crippen molar-refractivity contribution in [2.45, 2.75) is 13.5 Å². The number of H-pyrrole nitrogens is 1. The highest BCUT2D eigenvalue weighted by atomic mass is 35.5. The van der Waals surface area contributed by atoms with E-state index in [4.69, 9.17) is 11.6 Å². The van der Waals surface area contributed by atoms with Crippen molar-refractivity contribution in [3.05, 3.63) is 52.9 Å². The van der Waals surface area contributed by atoms with Crippen molar-refractivity contribution in [2.24, 2.45) is 0 Å². The van der Waals surface area contributed by atoms with Gasteiger partial charge in [0.1, 0.15) is 17.8 Å². The van der Waals surface area contributed by atoms with E-state index in [0.29, 0.717) is 6.54 Å². The van der Waals surface area contributed by atoms with Gasteiger partial charge in [0, 0.05) is 17.8 Å². The number of rotatable bonds is 3. The van der Waals surface area contributed by atoms with E-state index < -0.39 is 0 Å². The van der Waals surface area contributed by atoms with Crippen LogP contribution in [0.1, 0.15) is 11.1 Å². The van der Waals surface area contributed by atoms with Crippen LogP contribution in [0.4, 0.5) is 5.82 Å². The van der Waals surface area contributed by atoms with Crippen molar-refractivity contribution in [2.75, 3.05) is 5.32 Å². The first-order valence-corrected chi connectivity index (χ1v) is 6.39. The standard InChI is InChI=1S/C14H13ClN4/c1-9-6-16-13-12(9)14(19-8-18-13)17-7-10-3-2-4-11(15)5-10/h2-6,8H,7H2,1H3,(H2,16,17,18,19). The van der Waals surface area contributed by atoms with Gasteiger partial charge in [-0.15, -0.1) is 0 Å². The van der Waals surface area contributed by atoms with Crippen LogP contribution in [0, 0.1) is 6.92 Å². The first-order chi connectivity index (χ1) is 9.24. The summed E-state index contributed by atoms with van der Waals surface area (Å²) >= 11 is 5.97. The molecule has 0 bridgehead atoms. The van der Waals surface area contributed by atoms with Crippen molar-refractivity contribution >= 4 is 28.5 Å². The third-order valence-electron chi connectivity index (χ3n) is 3.02. The number of anilines is 1. The summed E-state index contributed by atoms with van der Waals surface area (Å²) < 4.78 is 0. The molecule has 0 saturated carbocycles. The zero-order chi connectivity index (χ0) is 13.2. The molecule has 5 heteroatoms. The molecule has 0 fully saturated rings. The fourth-order valence-electron chi connectivity index (χ4n) is 2.08. The molecule has 0 aliphatic heterocycles. The van der Waals surface area contributed by atoms with Crippen LogP contribution < -0.4 is 5.32 Å². The van der Waals surface area contributed by atoms with Gasteiger partial charge in [-0.2, -0.15) is 0 Å². The van der Waals surface area contributed by atoms with Crippen molar-refractivity contribution in [3.8, 4) is 0 Å². The number of aromatic amines is 1. The predicted molar refractivity (Wildman–Crippen MR) is 77.4 cm³/mol. The van der Waals surface area contributed by atoms with E-state index in [0.717, 1.165) is 33.0 Å². The molecule has 0 radical (unpaired) electrons. The van der Waals surface area contributed by atoms with Gasteiger partial charge in [0.05, 0.1) is 5.39 Å². The van der Waals surface area contributed by atoms with Gasteiger partial charge in [-0.25, -0.2) is 9.97 Å². The third-order valence-corrected chi connectivity index (χ3v) is 3.25. The minimum atomic E-state index is 0.678. The Labute approximate surface area is 115 Å². The smallest absolute Gasteiger partial charge is 0.143 e. The molecule has 0 atom stereocenters. The van der Waals surface area contributed by atoms with Gasteiger partial charge >= 0.3 is 0 Å². The summed E-state index contributed by atoms with van der Waals surface area (Å²) in [5.74, 6) is 0.837. The molecule has 0 amide bonds. The quantitative estimate of drug-likeness (QED) is 0.767. The maximum Gasteiger partial charge on any atom is 0.143 e. The van der Waals surface area contributed by atoms with E-state index in [2.05, 4.69) is 20.3 Å². The molecule has 0 saturated heterocycles. The Morgan fingerprint density at radius 3 is 3.05 bits per heavy atom. The fraction of sp³-hybridized carbons (Fsp3) is 0.143. The molecule has 0 aliphatic carbocycles. The van der Waals surface area contributed by atoms with Gasteiger partial charge in [0.2, 0.25) is 0 Å². The number of aromatic nitrogens is 3. The summed E-state index contributed by atoms with van der Waals surface area (Å²) in [6.45, 7) is 2.71. The van der Waals surface area contributed by atoms with Crippen LogP contribution in [0.15, 0.2) is 36.8 Å². The Kier molecular flexibility index (Phi) is 3.09. The average Bonchev–Trinajstić information content (AvgIpc) is 2.79. The third kappa shape index (κ3) is 2.39.